The van der Waals surface area contributed by atoms with Crippen LogP contribution in [0.3, 0.4) is 0 Å². The van der Waals surface area contributed by atoms with Crippen molar-refractivity contribution in [2.45, 2.75) is 37.9 Å². The summed E-state index contributed by atoms with van der Waals surface area (Å²) in [7, 11) is 1.96. The highest BCUT2D eigenvalue weighted by molar-refractivity contribution is 7.99. The lowest BCUT2D eigenvalue weighted by molar-refractivity contribution is 0.568. The zero-order valence-electron chi connectivity index (χ0n) is 11.2. The van der Waals surface area contributed by atoms with Gasteiger partial charge < -0.3 is 10.2 Å². The van der Waals surface area contributed by atoms with Crippen molar-refractivity contribution in [3.63, 3.8) is 0 Å². The standard InChI is InChI=1S/C14H20FN3S/c1-18(12-5-7-19-9-12)14-13(15)10(4-6-16-14)8-17-11-2-3-11/h4,6,11-12,17H,2-3,5,7-9H2,1H3. The monoisotopic (exact) mass is 281 g/mol. The molecule has 0 radical (unpaired) electrons. The Morgan fingerprint density at radius 3 is 3.00 bits per heavy atom. The summed E-state index contributed by atoms with van der Waals surface area (Å²) in [5.41, 5.74) is 0.731. The van der Waals surface area contributed by atoms with Crippen molar-refractivity contribution >= 4 is 17.6 Å². The summed E-state index contributed by atoms with van der Waals surface area (Å²) < 4.78 is 14.5. The summed E-state index contributed by atoms with van der Waals surface area (Å²) in [5, 5.41) is 3.36. The van der Waals surface area contributed by atoms with Crippen LogP contribution in [0.2, 0.25) is 0 Å². The summed E-state index contributed by atoms with van der Waals surface area (Å²) in [5.74, 6) is 2.58. The van der Waals surface area contributed by atoms with Crippen LogP contribution in [0.5, 0.6) is 0 Å². The van der Waals surface area contributed by atoms with Crippen LogP contribution < -0.4 is 10.2 Å². The van der Waals surface area contributed by atoms with Crippen LogP contribution in [0.4, 0.5) is 10.2 Å². The third-order valence-electron chi connectivity index (χ3n) is 3.90. The quantitative estimate of drug-likeness (QED) is 0.897. The average Bonchev–Trinajstić information content (AvgIpc) is 3.08. The average molecular weight is 281 g/mol. The molecule has 2 aliphatic rings. The van der Waals surface area contributed by atoms with Gasteiger partial charge in [-0.1, -0.05) is 0 Å². The number of halogens is 1. The maximum absolute atomic E-state index is 14.5. The fraction of sp³-hybridized carbons (Fsp3) is 0.643. The van der Waals surface area contributed by atoms with E-state index in [-0.39, 0.29) is 5.82 Å². The molecule has 3 rings (SSSR count). The molecule has 0 amide bonds. The van der Waals surface area contributed by atoms with Crippen LogP contribution in [-0.2, 0) is 6.54 Å². The van der Waals surface area contributed by atoms with Crippen LogP contribution in [0.25, 0.3) is 0 Å². The van der Waals surface area contributed by atoms with Crippen LogP contribution >= 0.6 is 11.8 Å². The van der Waals surface area contributed by atoms with Gasteiger partial charge in [0, 0.05) is 43.2 Å². The number of nitrogens with zero attached hydrogens (tertiary/aromatic N) is 2. The predicted molar refractivity (Wildman–Crippen MR) is 78.2 cm³/mol. The van der Waals surface area contributed by atoms with Crippen LogP contribution in [0, 0.1) is 5.82 Å². The molecule has 1 N–H and O–H groups in total. The Kier molecular flexibility index (Phi) is 3.93. The molecule has 0 aromatic carbocycles. The van der Waals surface area contributed by atoms with E-state index in [1.807, 2.05) is 23.7 Å². The minimum absolute atomic E-state index is 0.157. The molecule has 19 heavy (non-hydrogen) atoms. The Morgan fingerprint density at radius 1 is 1.47 bits per heavy atom. The SMILES string of the molecule is CN(c1nccc(CNC2CC2)c1F)C1CCSC1. The minimum atomic E-state index is -0.157. The van der Waals surface area contributed by atoms with E-state index < -0.39 is 0 Å². The van der Waals surface area contributed by atoms with E-state index in [4.69, 9.17) is 0 Å². The molecule has 5 heteroatoms. The first-order chi connectivity index (χ1) is 9.25. The normalized spacial score (nSPS) is 22.7. The summed E-state index contributed by atoms with van der Waals surface area (Å²) in [6, 6.07) is 2.80. The highest BCUT2D eigenvalue weighted by Crippen LogP contribution is 2.27. The molecule has 0 bridgehead atoms. The Labute approximate surface area is 118 Å². The first-order valence-corrected chi connectivity index (χ1v) is 8.08. The highest BCUT2D eigenvalue weighted by atomic mass is 32.2. The number of hydrogen-bond donors (Lipinski definition) is 1. The molecule has 0 spiro atoms. The number of hydrogen-bond acceptors (Lipinski definition) is 4. The van der Waals surface area contributed by atoms with E-state index >= 15 is 0 Å². The third-order valence-corrected chi connectivity index (χ3v) is 5.04. The number of rotatable bonds is 5. The van der Waals surface area contributed by atoms with Gasteiger partial charge in [-0.15, -0.1) is 0 Å². The topological polar surface area (TPSA) is 28.2 Å². The third kappa shape index (κ3) is 3.03. The molecule has 1 aromatic heterocycles. The highest BCUT2D eigenvalue weighted by Gasteiger charge is 2.25. The van der Waals surface area contributed by atoms with E-state index in [9.17, 15) is 4.39 Å². The van der Waals surface area contributed by atoms with Crippen LogP contribution in [0.15, 0.2) is 12.3 Å². The van der Waals surface area contributed by atoms with Gasteiger partial charge in [0.15, 0.2) is 11.6 Å². The van der Waals surface area contributed by atoms with E-state index in [1.165, 1.54) is 18.6 Å². The molecular weight excluding hydrogens is 261 g/mol. The van der Waals surface area contributed by atoms with Crippen molar-refractivity contribution in [1.29, 1.82) is 0 Å². The van der Waals surface area contributed by atoms with Crippen molar-refractivity contribution in [2.75, 3.05) is 23.5 Å². The van der Waals surface area contributed by atoms with Gasteiger partial charge in [0.25, 0.3) is 0 Å². The van der Waals surface area contributed by atoms with Crippen molar-refractivity contribution in [1.82, 2.24) is 10.3 Å². The maximum Gasteiger partial charge on any atom is 0.170 e. The lowest BCUT2D eigenvalue weighted by Crippen LogP contribution is -2.33. The largest absolute Gasteiger partial charge is 0.353 e. The van der Waals surface area contributed by atoms with Crippen LogP contribution in [-0.4, -0.2) is 35.6 Å². The summed E-state index contributed by atoms with van der Waals surface area (Å²) in [6.45, 7) is 0.610. The van der Waals surface area contributed by atoms with E-state index in [0.29, 0.717) is 24.4 Å². The maximum atomic E-state index is 14.5. The van der Waals surface area contributed by atoms with Crippen molar-refractivity contribution in [3.8, 4) is 0 Å². The lowest BCUT2D eigenvalue weighted by Gasteiger charge is -2.25. The van der Waals surface area contributed by atoms with E-state index in [1.54, 1.807) is 12.3 Å². The molecule has 104 valence electrons. The second-order valence-electron chi connectivity index (χ2n) is 5.39. The van der Waals surface area contributed by atoms with Crippen LogP contribution in [0.1, 0.15) is 24.8 Å². The van der Waals surface area contributed by atoms with Crippen molar-refractivity contribution < 1.29 is 4.39 Å². The van der Waals surface area contributed by atoms with Gasteiger partial charge >= 0.3 is 0 Å². The Morgan fingerprint density at radius 2 is 2.32 bits per heavy atom. The second-order valence-corrected chi connectivity index (χ2v) is 6.54. The van der Waals surface area contributed by atoms with Gasteiger partial charge in [0.05, 0.1) is 0 Å². The Hall–Kier alpha value is -0.810. The zero-order valence-corrected chi connectivity index (χ0v) is 12.0. The van der Waals surface area contributed by atoms with Gasteiger partial charge in [-0.25, -0.2) is 9.37 Å². The first-order valence-electron chi connectivity index (χ1n) is 6.93. The van der Waals surface area contributed by atoms with Gasteiger partial charge in [0.2, 0.25) is 0 Å². The van der Waals surface area contributed by atoms with E-state index in [2.05, 4.69) is 10.3 Å². The van der Waals surface area contributed by atoms with Gasteiger partial charge in [-0.05, 0) is 31.1 Å². The molecule has 1 aromatic rings. The summed E-state index contributed by atoms with van der Waals surface area (Å²) in [6.07, 6.45) is 5.28. The first kappa shape index (κ1) is 13.2. The number of aromatic nitrogens is 1. The number of thioether (sulfide) groups is 1. The summed E-state index contributed by atoms with van der Waals surface area (Å²) >= 11 is 1.93. The molecule has 1 saturated carbocycles. The predicted octanol–water partition coefficient (Wildman–Crippen LogP) is 2.41. The minimum Gasteiger partial charge on any atom is -0.353 e. The zero-order chi connectivity index (χ0) is 13.2. The Bertz CT molecular complexity index is 444. The molecule has 1 aliphatic heterocycles. The molecule has 3 nitrogen and oxygen atoms in total. The summed E-state index contributed by atoms with van der Waals surface area (Å²) in [4.78, 5) is 6.25. The number of anilines is 1. The number of nitrogens with one attached hydrogen (secondary N) is 1. The van der Waals surface area contributed by atoms with E-state index in [0.717, 1.165) is 17.7 Å². The fourth-order valence-electron chi connectivity index (χ4n) is 2.40. The van der Waals surface area contributed by atoms with Gasteiger partial charge in [0.1, 0.15) is 0 Å². The molecule has 2 fully saturated rings. The lowest BCUT2D eigenvalue weighted by atomic mass is 10.2. The fourth-order valence-corrected chi connectivity index (χ4v) is 3.66. The molecule has 1 unspecified atom stereocenters. The second kappa shape index (κ2) is 5.67. The molecular formula is C14H20FN3S. The number of pyridine rings is 1. The molecule has 1 aliphatic carbocycles. The van der Waals surface area contributed by atoms with Crippen molar-refractivity contribution in [2.24, 2.45) is 0 Å². The molecule has 1 atom stereocenters. The van der Waals surface area contributed by atoms with Gasteiger partial charge in [-0.3, -0.25) is 0 Å². The van der Waals surface area contributed by atoms with Crippen molar-refractivity contribution in [3.05, 3.63) is 23.6 Å². The molecule has 2 heterocycles. The van der Waals surface area contributed by atoms with Gasteiger partial charge in [-0.2, -0.15) is 11.8 Å². The Balaban J connectivity index is 1.73. The smallest absolute Gasteiger partial charge is 0.170 e. The molecule has 1 saturated heterocycles.